The van der Waals surface area contributed by atoms with Gasteiger partial charge in [-0.25, -0.2) is 9.98 Å². The van der Waals surface area contributed by atoms with Crippen LogP contribution in [0.2, 0.25) is 0 Å². The Kier molecular flexibility index (Phi) is 7.85. The average molecular weight is 734 g/mol. The molecule has 0 radical (unpaired) electrons. The molecular weight excluding hydrogens is 695 g/mol. The summed E-state index contributed by atoms with van der Waals surface area (Å²) in [5, 5.41) is 4.97. The summed E-state index contributed by atoms with van der Waals surface area (Å²) in [7, 11) is 2.11. The van der Waals surface area contributed by atoms with Crippen molar-refractivity contribution in [2.75, 3.05) is 7.05 Å². The van der Waals surface area contributed by atoms with Crippen LogP contribution in [0.1, 0.15) is 17.5 Å². The third-order valence-corrected chi connectivity index (χ3v) is 11.7. The van der Waals surface area contributed by atoms with Gasteiger partial charge in [0.1, 0.15) is 12.0 Å². The van der Waals surface area contributed by atoms with E-state index >= 15 is 0 Å². The minimum absolute atomic E-state index is 0.0525. The number of amidine groups is 2. The van der Waals surface area contributed by atoms with Crippen LogP contribution >= 0.6 is 0 Å². The highest BCUT2D eigenvalue weighted by atomic mass is 15.3. The second-order valence-electron chi connectivity index (χ2n) is 15.0. The molecule has 7 aromatic carbocycles. The Balaban J connectivity index is 0.991. The molecule has 3 heterocycles. The molecule has 9 aromatic rings. The minimum Gasteiger partial charge on any atom is -0.336 e. The molecule has 1 aliphatic heterocycles. The average Bonchev–Trinajstić information content (AvgIpc) is 3.80. The lowest BCUT2D eigenvalue weighted by Gasteiger charge is -2.36. The number of benzene rings is 7. The van der Waals surface area contributed by atoms with Crippen LogP contribution in [0.5, 0.6) is 0 Å². The lowest BCUT2D eigenvalue weighted by Crippen LogP contribution is -2.44. The van der Waals surface area contributed by atoms with E-state index in [1.54, 1.807) is 0 Å². The molecule has 0 N–H and O–H groups in total. The molecule has 2 unspecified atom stereocenters. The summed E-state index contributed by atoms with van der Waals surface area (Å²) in [6.07, 6.45) is 9.66. The minimum atomic E-state index is -0.0525. The Bertz CT molecular complexity index is 3110. The number of hydrogen-bond acceptors (Lipinski definition) is 3. The van der Waals surface area contributed by atoms with E-state index in [0.29, 0.717) is 0 Å². The molecule has 0 saturated heterocycles. The van der Waals surface area contributed by atoms with Crippen LogP contribution in [0.4, 0.5) is 0 Å². The van der Waals surface area contributed by atoms with Gasteiger partial charge in [-0.2, -0.15) is 0 Å². The molecule has 272 valence electrons. The van der Waals surface area contributed by atoms with Crippen LogP contribution in [0, 0.1) is 5.92 Å². The zero-order valence-corrected chi connectivity index (χ0v) is 31.6. The highest BCUT2D eigenvalue weighted by Gasteiger charge is 2.30. The van der Waals surface area contributed by atoms with Crippen molar-refractivity contribution < 1.29 is 0 Å². The fourth-order valence-electron chi connectivity index (χ4n) is 8.94. The Morgan fingerprint density at radius 3 is 1.60 bits per heavy atom. The van der Waals surface area contributed by atoms with Gasteiger partial charge in [-0.15, -0.1) is 0 Å². The Hall–Kier alpha value is -7.24. The van der Waals surface area contributed by atoms with E-state index in [4.69, 9.17) is 9.98 Å². The molecule has 0 bridgehead atoms. The van der Waals surface area contributed by atoms with Gasteiger partial charge in [-0.05, 0) is 90.3 Å². The summed E-state index contributed by atoms with van der Waals surface area (Å²) in [5.41, 5.74) is 11.5. The van der Waals surface area contributed by atoms with Crippen LogP contribution in [-0.4, -0.2) is 38.9 Å². The second kappa shape index (κ2) is 13.5. The van der Waals surface area contributed by atoms with Gasteiger partial charge in [0, 0.05) is 57.0 Å². The molecule has 0 spiro atoms. The maximum atomic E-state index is 5.28. The largest absolute Gasteiger partial charge is 0.336 e. The van der Waals surface area contributed by atoms with Gasteiger partial charge in [0.2, 0.25) is 0 Å². The van der Waals surface area contributed by atoms with Crippen molar-refractivity contribution >= 4 is 55.3 Å². The van der Waals surface area contributed by atoms with Gasteiger partial charge in [0.25, 0.3) is 0 Å². The van der Waals surface area contributed by atoms with Crippen LogP contribution < -0.4 is 0 Å². The molecule has 0 fully saturated rings. The normalized spacial score (nSPS) is 16.8. The number of fused-ring (bicyclic) bond motifs is 6. The monoisotopic (exact) mass is 733 g/mol. The SMILES string of the molecule is CN1C(c2ccccc2)=NC(c2ccc(-n3c4ccccc4c4cc(-c5ccc6c(c5)c5ccccc5n6-c5ccccc5)ccc43)cc2)=NC1C1C=CC=CC1. The molecule has 1 aliphatic carbocycles. The zero-order chi connectivity index (χ0) is 37.9. The van der Waals surface area contributed by atoms with Crippen LogP contribution in [0.25, 0.3) is 66.1 Å². The van der Waals surface area contributed by atoms with Gasteiger partial charge in [-0.3, -0.25) is 0 Å². The number of aromatic nitrogens is 2. The van der Waals surface area contributed by atoms with Crippen molar-refractivity contribution in [3.05, 3.63) is 205 Å². The predicted octanol–water partition coefficient (Wildman–Crippen LogP) is 12.1. The quantitative estimate of drug-likeness (QED) is 0.168. The van der Waals surface area contributed by atoms with Crippen molar-refractivity contribution in [2.24, 2.45) is 15.9 Å². The summed E-state index contributed by atoms with van der Waals surface area (Å²) in [4.78, 5) is 12.7. The molecule has 5 heteroatoms. The van der Waals surface area contributed by atoms with Gasteiger partial charge in [0.05, 0.1) is 22.1 Å². The molecule has 11 rings (SSSR count). The topological polar surface area (TPSA) is 37.8 Å². The van der Waals surface area contributed by atoms with Gasteiger partial charge in [0.15, 0.2) is 5.84 Å². The lowest BCUT2D eigenvalue weighted by molar-refractivity contribution is 0.300. The smallest absolute Gasteiger partial charge is 0.159 e. The van der Waals surface area contributed by atoms with E-state index in [1.807, 2.05) is 6.07 Å². The number of hydrogen-bond donors (Lipinski definition) is 0. The Morgan fingerprint density at radius 1 is 0.474 bits per heavy atom. The summed E-state index contributed by atoms with van der Waals surface area (Å²) in [6.45, 7) is 0. The van der Waals surface area contributed by atoms with E-state index in [9.17, 15) is 0 Å². The number of rotatable bonds is 6. The lowest BCUT2D eigenvalue weighted by atomic mass is 9.95. The maximum absolute atomic E-state index is 5.28. The van der Waals surface area contributed by atoms with E-state index < -0.39 is 0 Å². The van der Waals surface area contributed by atoms with Crippen molar-refractivity contribution in [1.29, 1.82) is 0 Å². The standard InChI is InChI=1S/C52H39N5/c1-55-51(36-15-5-2-6-16-36)53-50(54-52(55)37-17-7-3-8-18-37)35-25-29-41(30-26-35)57-47-24-14-12-22-43(47)45-34-39(28-32-49(45)57)38-27-31-48-44(33-38)42-21-11-13-23-46(42)56(48)40-19-9-4-10-20-40/h2-17,19-34,37,52H,18H2,1H3. The zero-order valence-electron chi connectivity index (χ0n) is 31.6. The van der Waals surface area contributed by atoms with Crippen molar-refractivity contribution in [1.82, 2.24) is 14.0 Å². The Morgan fingerprint density at radius 2 is 1.00 bits per heavy atom. The molecule has 2 aliphatic rings. The first-order valence-electron chi connectivity index (χ1n) is 19.7. The fourth-order valence-corrected chi connectivity index (χ4v) is 8.94. The maximum Gasteiger partial charge on any atom is 0.159 e. The van der Waals surface area contributed by atoms with Gasteiger partial charge >= 0.3 is 0 Å². The van der Waals surface area contributed by atoms with Crippen LogP contribution in [-0.2, 0) is 0 Å². The number of nitrogens with zero attached hydrogens (tertiary/aromatic N) is 5. The summed E-state index contributed by atoms with van der Waals surface area (Å²) >= 11 is 0. The highest BCUT2D eigenvalue weighted by Crippen LogP contribution is 2.38. The van der Waals surface area contributed by atoms with Crippen LogP contribution in [0.15, 0.2) is 204 Å². The van der Waals surface area contributed by atoms with Crippen LogP contribution in [0.3, 0.4) is 0 Å². The summed E-state index contributed by atoms with van der Waals surface area (Å²) in [5.74, 6) is 1.97. The number of allylic oxidation sites excluding steroid dienone is 3. The molecule has 57 heavy (non-hydrogen) atoms. The number of aliphatic imine (C=N–C) groups is 2. The molecular formula is C52H39N5. The molecule has 2 atom stereocenters. The third kappa shape index (κ3) is 5.54. The summed E-state index contributed by atoms with van der Waals surface area (Å²) in [6, 6.07) is 61.1. The fraction of sp³-hybridized carbons (Fsp3) is 0.0769. The predicted molar refractivity (Wildman–Crippen MR) is 238 cm³/mol. The molecule has 2 aromatic heterocycles. The van der Waals surface area contributed by atoms with Crippen molar-refractivity contribution in [3.8, 4) is 22.5 Å². The molecule has 5 nitrogen and oxygen atoms in total. The molecule has 0 saturated carbocycles. The first kappa shape index (κ1) is 33.1. The van der Waals surface area contributed by atoms with E-state index in [0.717, 1.165) is 34.9 Å². The van der Waals surface area contributed by atoms with E-state index in [-0.39, 0.29) is 12.1 Å². The van der Waals surface area contributed by atoms with Crippen molar-refractivity contribution in [3.63, 3.8) is 0 Å². The molecule has 0 amide bonds. The van der Waals surface area contributed by atoms with Gasteiger partial charge in [-0.1, -0.05) is 121 Å². The van der Waals surface area contributed by atoms with E-state index in [2.05, 4.69) is 209 Å². The highest BCUT2D eigenvalue weighted by molar-refractivity contribution is 6.14. The van der Waals surface area contributed by atoms with E-state index in [1.165, 1.54) is 60.4 Å². The van der Waals surface area contributed by atoms with Crippen molar-refractivity contribution in [2.45, 2.75) is 12.6 Å². The number of para-hydroxylation sites is 3. The third-order valence-electron chi connectivity index (χ3n) is 11.7. The first-order chi connectivity index (χ1) is 28.2. The first-order valence-corrected chi connectivity index (χ1v) is 19.7. The summed E-state index contributed by atoms with van der Waals surface area (Å²) < 4.78 is 4.75. The van der Waals surface area contributed by atoms with Gasteiger partial charge < -0.3 is 14.0 Å². The Labute approximate surface area is 331 Å². The second-order valence-corrected chi connectivity index (χ2v) is 15.0.